The van der Waals surface area contributed by atoms with Crippen molar-refractivity contribution in [3.8, 4) is 0 Å². The number of amides is 1. The van der Waals surface area contributed by atoms with E-state index in [1.807, 2.05) is 21.1 Å². The fraction of sp³-hybridized carbons (Fsp3) is 0.952. The topological polar surface area (TPSA) is 105 Å². The van der Waals surface area contributed by atoms with E-state index in [2.05, 4.69) is 19.2 Å². The molecule has 1 amide bonds. The second kappa shape index (κ2) is 16.2. The molecule has 0 aromatic rings. The van der Waals surface area contributed by atoms with Gasteiger partial charge in [0.2, 0.25) is 5.91 Å². The van der Waals surface area contributed by atoms with Crippen LogP contribution in [0.1, 0.15) is 78.1 Å². The number of likely N-dealkylation sites (N-methyl/N-ethyl adjacent to an activating group) is 1. The fourth-order valence-corrected chi connectivity index (χ4v) is 3.60. The highest BCUT2D eigenvalue weighted by atomic mass is 31.2. The van der Waals surface area contributed by atoms with Gasteiger partial charge in [0.1, 0.15) is 13.2 Å². The summed E-state index contributed by atoms with van der Waals surface area (Å²) in [4.78, 5) is 22.2. The Morgan fingerprint density at radius 1 is 1.00 bits per heavy atom. The molecule has 180 valence electrons. The number of carbonyl (C=O) groups is 1. The minimum atomic E-state index is -4.25. The van der Waals surface area contributed by atoms with Crippen LogP contribution in [0.15, 0.2) is 0 Å². The van der Waals surface area contributed by atoms with Gasteiger partial charge in [-0.15, -0.1) is 0 Å². The molecular formula is C21H46N2O6P+. The molecule has 0 saturated heterocycles. The Labute approximate surface area is 183 Å². The Bertz CT molecular complexity index is 498. The van der Waals surface area contributed by atoms with Gasteiger partial charge in [-0.25, -0.2) is 4.57 Å². The fourth-order valence-electron chi connectivity index (χ4n) is 2.86. The minimum Gasteiger partial charge on any atom is -0.391 e. The first-order valence-electron chi connectivity index (χ1n) is 11.4. The molecule has 0 aliphatic heterocycles. The number of nitrogens with zero attached hydrogens (tertiary/aromatic N) is 1. The lowest BCUT2D eigenvalue weighted by atomic mass is 10.0. The molecule has 0 saturated carbocycles. The van der Waals surface area contributed by atoms with Crippen LogP contribution in [0.25, 0.3) is 0 Å². The SMILES string of the molecule is CCCCCCC(=O)NC(COP(=O)(O)OCC[N+](C)(C)C)C(O)CCCCCC. The van der Waals surface area contributed by atoms with Gasteiger partial charge in [0.15, 0.2) is 0 Å². The number of phosphoric ester groups is 1. The van der Waals surface area contributed by atoms with Gasteiger partial charge in [-0.2, -0.15) is 0 Å². The van der Waals surface area contributed by atoms with Gasteiger partial charge in [-0.3, -0.25) is 13.8 Å². The van der Waals surface area contributed by atoms with Gasteiger partial charge in [0.25, 0.3) is 0 Å². The Morgan fingerprint density at radius 3 is 2.17 bits per heavy atom. The highest BCUT2D eigenvalue weighted by Gasteiger charge is 2.28. The predicted molar refractivity (Wildman–Crippen MR) is 120 cm³/mol. The summed E-state index contributed by atoms with van der Waals surface area (Å²) in [6.07, 6.45) is 7.98. The first-order valence-corrected chi connectivity index (χ1v) is 12.9. The summed E-state index contributed by atoms with van der Waals surface area (Å²) in [6.45, 7) is 4.58. The Morgan fingerprint density at radius 2 is 1.60 bits per heavy atom. The maximum Gasteiger partial charge on any atom is 0.472 e. The van der Waals surface area contributed by atoms with E-state index in [0.29, 0.717) is 23.9 Å². The average molecular weight is 454 g/mol. The Kier molecular flexibility index (Phi) is 15.9. The van der Waals surface area contributed by atoms with E-state index in [4.69, 9.17) is 9.05 Å². The van der Waals surface area contributed by atoms with E-state index in [-0.39, 0.29) is 19.1 Å². The van der Waals surface area contributed by atoms with E-state index in [0.717, 1.165) is 51.4 Å². The molecule has 0 aliphatic carbocycles. The van der Waals surface area contributed by atoms with Crippen molar-refractivity contribution in [2.24, 2.45) is 0 Å². The number of hydrogen-bond acceptors (Lipinski definition) is 5. The molecule has 0 heterocycles. The summed E-state index contributed by atoms with van der Waals surface area (Å²) < 4.78 is 22.9. The molecule has 30 heavy (non-hydrogen) atoms. The quantitative estimate of drug-likeness (QED) is 0.157. The molecule has 0 rings (SSSR count). The van der Waals surface area contributed by atoms with E-state index in [1.54, 1.807) is 0 Å². The van der Waals surface area contributed by atoms with Crippen LogP contribution in [0.5, 0.6) is 0 Å². The third kappa shape index (κ3) is 17.2. The number of carbonyl (C=O) groups excluding carboxylic acids is 1. The van der Waals surface area contributed by atoms with Crippen LogP contribution in [0.4, 0.5) is 0 Å². The Hall–Kier alpha value is -0.500. The maximum atomic E-state index is 12.3. The number of quaternary nitrogens is 1. The summed E-state index contributed by atoms with van der Waals surface area (Å²) in [5, 5.41) is 13.3. The van der Waals surface area contributed by atoms with Crippen molar-refractivity contribution in [2.75, 3.05) is 40.9 Å². The van der Waals surface area contributed by atoms with Gasteiger partial charge in [-0.05, 0) is 12.8 Å². The van der Waals surface area contributed by atoms with Crippen molar-refractivity contribution in [3.05, 3.63) is 0 Å². The van der Waals surface area contributed by atoms with Crippen LogP contribution >= 0.6 is 7.82 Å². The molecule has 0 aliphatic rings. The first kappa shape index (κ1) is 29.5. The minimum absolute atomic E-state index is 0.0747. The zero-order valence-electron chi connectivity index (χ0n) is 19.8. The van der Waals surface area contributed by atoms with Crippen LogP contribution in [-0.2, 0) is 18.4 Å². The van der Waals surface area contributed by atoms with Crippen molar-refractivity contribution in [1.82, 2.24) is 5.32 Å². The smallest absolute Gasteiger partial charge is 0.391 e. The molecule has 0 fully saturated rings. The molecule has 0 bridgehead atoms. The molecule has 3 atom stereocenters. The summed E-state index contributed by atoms with van der Waals surface area (Å²) in [7, 11) is 1.60. The number of hydrogen-bond donors (Lipinski definition) is 3. The van der Waals surface area contributed by atoms with E-state index in [9.17, 15) is 19.4 Å². The number of unbranched alkanes of at least 4 members (excludes halogenated alkanes) is 6. The standard InChI is InChI=1S/C21H45N2O6P/c1-6-8-10-12-14-20(24)19(22-21(25)15-13-11-9-7-2)18-29-30(26,27)28-17-16-23(3,4)5/h19-20,24H,6-18H2,1-5H3,(H-,22,25,26,27)/p+1. The van der Waals surface area contributed by atoms with Crippen LogP contribution in [-0.4, -0.2) is 73.4 Å². The van der Waals surface area contributed by atoms with Crippen molar-refractivity contribution < 1.29 is 32.9 Å². The van der Waals surface area contributed by atoms with Gasteiger partial charge in [0.05, 0.1) is 39.9 Å². The van der Waals surface area contributed by atoms with Gasteiger partial charge < -0.3 is 19.8 Å². The average Bonchev–Trinajstić information content (AvgIpc) is 2.64. The lowest BCUT2D eigenvalue weighted by molar-refractivity contribution is -0.870. The highest BCUT2D eigenvalue weighted by molar-refractivity contribution is 7.47. The van der Waals surface area contributed by atoms with Gasteiger partial charge in [-0.1, -0.05) is 58.8 Å². The van der Waals surface area contributed by atoms with Crippen molar-refractivity contribution in [3.63, 3.8) is 0 Å². The van der Waals surface area contributed by atoms with E-state index < -0.39 is 20.0 Å². The lowest BCUT2D eigenvalue weighted by Gasteiger charge is -2.26. The zero-order chi connectivity index (χ0) is 23.0. The maximum absolute atomic E-state index is 12.3. The molecule has 3 N–H and O–H groups in total. The third-order valence-electron chi connectivity index (χ3n) is 4.86. The molecule has 9 heteroatoms. The normalized spacial score (nSPS) is 16.1. The van der Waals surface area contributed by atoms with Gasteiger partial charge in [0, 0.05) is 6.42 Å². The second-order valence-electron chi connectivity index (χ2n) is 9.01. The van der Waals surface area contributed by atoms with Crippen LogP contribution in [0.2, 0.25) is 0 Å². The summed E-state index contributed by atoms with van der Waals surface area (Å²) >= 11 is 0. The number of aliphatic hydroxyl groups excluding tert-OH is 1. The van der Waals surface area contributed by atoms with E-state index >= 15 is 0 Å². The molecule has 0 aromatic heterocycles. The predicted octanol–water partition coefficient (Wildman–Crippen LogP) is 3.61. The summed E-state index contributed by atoms with van der Waals surface area (Å²) in [6, 6.07) is -0.743. The van der Waals surface area contributed by atoms with E-state index in [1.165, 1.54) is 0 Å². The van der Waals surface area contributed by atoms with Crippen molar-refractivity contribution in [1.29, 1.82) is 0 Å². The summed E-state index contributed by atoms with van der Waals surface area (Å²) in [5.74, 6) is -0.175. The van der Waals surface area contributed by atoms with Crippen molar-refractivity contribution in [2.45, 2.75) is 90.2 Å². The monoisotopic (exact) mass is 453 g/mol. The number of rotatable bonds is 19. The molecule has 3 unspecified atom stereocenters. The molecule has 0 radical (unpaired) electrons. The number of aliphatic hydroxyl groups is 1. The molecular weight excluding hydrogens is 407 g/mol. The molecule has 0 spiro atoms. The van der Waals surface area contributed by atoms with Gasteiger partial charge >= 0.3 is 7.82 Å². The third-order valence-corrected chi connectivity index (χ3v) is 5.84. The van der Waals surface area contributed by atoms with Crippen LogP contribution < -0.4 is 5.32 Å². The number of phosphoric acid groups is 1. The molecule has 0 aromatic carbocycles. The van der Waals surface area contributed by atoms with Crippen molar-refractivity contribution >= 4 is 13.7 Å². The Balaban J connectivity index is 4.68. The first-order chi connectivity index (χ1) is 14.0. The largest absolute Gasteiger partial charge is 0.472 e. The summed E-state index contributed by atoms with van der Waals surface area (Å²) in [5.41, 5.74) is 0. The van der Waals surface area contributed by atoms with Crippen LogP contribution in [0.3, 0.4) is 0 Å². The lowest BCUT2D eigenvalue weighted by Crippen LogP contribution is -2.46. The highest BCUT2D eigenvalue weighted by Crippen LogP contribution is 2.43. The zero-order valence-corrected chi connectivity index (χ0v) is 20.7. The number of nitrogens with one attached hydrogen (secondary N) is 1. The molecule has 8 nitrogen and oxygen atoms in total. The second-order valence-corrected chi connectivity index (χ2v) is 10.5. The van der Waals surface area contributed by atoms with Crippen LogP contribution in [0, 0.1) is 0 Å².